The Kier molecular flexibility index (Phi) is 6.67. The van der Waals surface area contributed by atoms with Gasteiger partial charge in [-0.15, -0.1) is 0 Å². The number of rotatable bonds is 8. The van der Waals surface area contributed by atoms with Crippen LogP contribution in [0.3, 0.4) is 0 Å². The smallest absolute Gasteiger partial charge is 0.161 e. The summed E-state index contributed by atoms with van der Waals surface area (Å²) in [5.41, 5.74) is 0.833. The first-order valence-corrected chi connectivity index (χ1v) is 6.89. The van der Waals surface area contributed by atoms with Crippen LogP contribution >= 0.6 is 0 Å². The lowest BCUT2D eigenvalue weighted by molar-refractivity contribution is 0.171. The van der Waals surface area contributed by atoms with E-state index in [9.17, 15) is 5.11 Å². The van der Waals surface area contributed by atoms with Gasteiger partial charge in [0.05, 0.1) is 19.3 Å². The van der Waals surface area contributed by atoms with Crippen molar-refractivity contribution in [2.75, 3.05) is 19.8 Å². The van der Waals surface area contributed by atoms with Crippen molar-refractivity contribution in [3.8, 4) is 11.5 Å². The van der Waals surface area contributed by atoms with E-state index in [0.717, 1.165) is 11.3 Å². The number of hydrogen-bond donors (Lipinski definition) is 2. The van der Waals surface area contributed by atoms with E-state index < -0.39 is 6.10 Å². The van der Waals surface area contributed by atoms with E-state index in [-0.39, 0.29) is 0 Å². The molecule has 1 unspecified atom stereocenters. The molecule has 0 aliphatic rings. The summed E-state index contributed by atoms with van der Waals surface area (Å²) >= 11 is 0. The SMILES string of the molecule is CCOc1ccc(C(O)CNC(C)C)cc1OCC. The fourth-order valence-electron chi connectivity index (χ4n) is 1.74. The number of benzene rings is 1. The zero-order chi connectivity index (χ0) is 14.3. The Morgan fingerprint density at radius 1 is 1.11 bits per heavy atom. The Bertz CT molecular complexity index is 380. The Balaban J connectivity index is 2.81. The molecular formula is C15H25NO3. The molecule has 0 heterocycles. The van der Waals surface area contributed by atoms with E-state index in [0.29, 0.717) is 31.5 Å². The summed E-state index contributed by atoms with van der Waals surface area (Å²) in [6.45, 7) is 9.66. The van der Waals surface area contributed by atoms with Crippen LogP contribution in [0.15, 0.2) is 18.2 Å². The van der Waals surface area contributed by atoms with Crippen LogP contribution in [-0.4, -0.2) is 30.9 Å². The fourth-order valence-corrected chi connectivity index (χ4v) is 1.74. The molecule has 0 aromatic heterocycles. The van der Waals surface area contributed by atoms with Gasteiger partial charge in [-0.3, -0.25) is 0 Å². The van der Waals surface area contributed by atoms with Crippen molar-refractivity contribution in [1.82, 2.24) is 5.32 Å². The van der Waals surface area contributed by atoms with Crippen molar-refractivity contribution in [2.24, 2.45) is 0 Å². The van der Waals surface area contributed by atoms with Gasteiger partial charge in [0.15, 0.2) is 11.5 Å². The van der Waals surface area contributed by atoms with E-state index in [1.54, 1.807) is 0 Å². The summed E-state index contributed by atoms with van der Waals surface area (Å²) in [6, 6.07) is 5.92. The minimum atomic E-state index is -0.544. The molecular weight excluding hydrogens is 242 g/mol. The molecule has 0 aliphatic heterocycles. The molecule has 0 saturated heterocycles. The number of aliphatic hydroxyl groups is 1. The average molecular weight is 267 g/mol. The van der Waals surface area contributed by atoms with Gasteiger partial charge in [0.1, 0.15) is 0 Å². The highest BCUT2D eigenvalue weighted by molar-refractivity contribution is 5.43. The van der Waals surface area contributed by atoms with Gasteiger partial charge in [-0.1, -0.05) is 19.9 Å². The lowest BCUT2D eigenvalue weighted by atomic mass is 10.1. The van der Waals surface area contributed by atoms with Gasteiger partial charge in [-0.25, -0.2) is 0 Å². The molecule has 1 aromatic carbocycles. The lowest BCUT2D eigenvalue weighted by Crippen LogP contribution is -2.27. The molecule has 0 aliphatic carbocycles. The molecule has 0 amide bonds. The number of hydrogen-bond acceptors (Lipinski definition) is 4. The first kappa shape index (κ1) is 15.8. The minimum Gasteiger partial charge on any atom is -0.490 e. The molecule has 1 aromatic rings. The van der Waals surface area contributed by atoms with Gasteiger partial charge in [-0.2, -0.15) is 0 Å². The van der Waals surface area contributed by atoms with Gasteiger partial charge < -0.3 is 19.9 Å². The second kappa shape index (κ2) is 8.02. The van der Waals surface area contributed by atoms with Crippen LogP contribution in [0.5, 0.6) is 11.5 Å². The normalized spacial score (nSPS) is 12.5. The third-order valence-electron chi connectivity index (χ3n) is 2.67. The van der Waals surface area contributed by atoms with Crippen LogP contribution < -0.4 is 14.8 Å². The van der Waals surface area contributed by atoms with E-state index >= 15 is 0 Å². The topological polar surface area (TPSA) is 50.7 Å². The summed E-state index contributed by atoms with van der Waals surface area (Å²) in [6.07, 6.45) is -0.544. The molecule has 0 radical (unpaired) electrons. The van der Waals surface area contributed by atoms with Crippen LogP contribution in [-0.2, 0) is 0 Å². The molecule has 108 valence electrons. The van der Waals surface area contributed by atoms with Gasteiger partial charge in [0.25, 0.3) is 0 Å². The third kappa shape index (κ3) is 5.09. The molecule has 1 atom stereocenters. The molecule has 0 bridgehead atoms. The predicted molar refractivity (Wildman–Crippen MR) is 76.9 cm³/mol. The van der Waals surface area contributed by atoms with Crippen molar-refractivity contribution in [3.63, 3.8) is 0 Å². The summed E-state index contributed by atoms with van der Waals surface area (Å²) in [5, 5.41) is 13.3. The van der Waals surface area contributed by atoms with Crippen LogP contribution in [0.2, 0.25) is 0 Å². The highest BCUT2D eigenvalue weighted by Crippen LogP contribution is 2.30. The van der Waals surface area contributed by atoms with E-state index in [1.807, 2.05) is 32.0 Å². The Hall–Kier alpha value is -1.26. The molecule has 1 rings (SSSR count). The number of ether oxygens (including phenoxy) is 2. The first-order valence-electron chi connectivity index (χ1n) is 6.89. The highest BCUT2D eigenvalue weighted by Gasteiger charge is 2.12. The Morgan fingerprint density at radius 3 is 2.32 bits per heavy atom. The number of aliphatic hydroxyl groups excluding tert-OH is 1. The van der Waals surface area contributed by atoms with Crippen LogP contribution in [0, 0.1) is 0 Å². The molecule has 19 heavy (non-hydrogen) atoms. The zero-order valence-electron chi connectivity index (χ0n) is 12.3. The Labute approximate surface area is 115 Å². The van der Waals surface area contributed by atoms with Crippen LogP contribution in [0.4, 0.5) is 0 Å². The van der Waals surface area contributed by atoms with Crippen molar-refractivity contribution in [2.45, 2.75) is 39.8 Å². The minimum absolute atomic E-state index is 0.351. The Morgan fingerprint density at radius 2 is 1.74 bits per heavy atom. The van der Waals surface area contributed by atoms with Crippen LogP contribution in [0.25, 0.3) is 0 Å². The summed E-state index contributed by atoms with van der Waals surface area (Å²) < 4.78 is 11.0. The van der Waals surface area contributed by atoms with Crippen molar-refractivity contribution >= 4 is 0 Å². The molecule has 0 fully saturated rings. The van der Waals surface area contributed by atoms with Gasteiger partial charge in [0.2, 0.25) is 0 Å². The summed E-state index contributed by atoms with van der Waals surface area (Å²) in [4.78, 5) is 0. The van der Waals surface area contributed by atoms with Crippen molar-refractivity contribution in [1.29, 1.82) is 0 Å². The molecule has 4 nitrogen and oxygen atoms in total. The molecule has 4 heteroatoms. The van der Waals surface area contributed by atoms with Gasteiger partial charge in [-0.05, 0) is 31.5 Å². The maximum atomic E-state index is 10.1. The summed E-state index contributed by atoms with van der Waals surface area (Å²) in [5.74, 6) is 1.41. The van der Waals surface area contributed by atoms with Crippen molar-refractivity contribution < 1.29 is 14.6 Å². The van der Waals surface area contributed by atoms with Crippen molar-refractivity contribution in [3.05, 3.63) is 23.8 Å². The molecule has 0 spiro atoms. The van der Waals surface area contributed by atoms with Gasteiger partial charge >= 0.3 is 0 Å². The van der Waals surface area contributed by atoms with E-state index in [2.05, 4.69) is 19.2 Å². The third-order valence-corrected chi connectivity index (χ3v) is 2.67. The van der Waals surface area contributed by atoms with E-state index in [1.165, 1.54) is 0 Å². The number of nitrogens with one attached hydrogen (secondary N) is 1. The van der Waals surface area contributed by atoms with Gasteiger partial charge in [0, 0.05) is 12.6 Å². The maximum Gasteiger partial charge on any atom is 0.161 e. The second-order valence-electron chi connectivity index (χ2n) is 4.65. The lowest BCUT2D eigenvalue weighted by Gasteiger charge is -2.17. The zero-order valence-corrected chi connectivity index (χ0v) is 12.3. The maximum absolute atomic E-state index is 10.1. The highest BCUT2D eigenvalue weighted by atomic mass is 16.5. The quantitative estimate of drug-likeness (QED) is 0.760. The average Bonchev–Trinajstić information content (AvgIpc) is 2.38. The molecule has 2 N–H and O–H groups in total. The standard InChI is InChI=1S/C15H25NO3/c1-5-18-14-8-7-12(9-15(14)19-6-2)13(17)10-16-11(3)4/h7-9,11,13,16-17H,5-6,10H2,1-4H3. The van der Waals surface area contributed by atoms with Crippen LogP contribution in [0.1, 0.15) is 39.4 Å². The first-order chi connectivity index (χ1) is 9.08. The predicted octanol–water partition coefficient (Wildman–Crippen LogP) is 2.52. The summed E-state index contributed by atoms with van der Waals surface area (Å²) in [7, 11) is 0. The fraction of sp³-hybridized carbons (Fsp3) is 0.600. The molecule has 0 saturated carbocycles. The largest absolute Gasteiger partial charge is 0.490 e. The second-order valence-corrected chi connectivity index (χ2v) is 4.65. The monoisotopic (exact) mass is 267 g/mol. The van der Waals surface area contributed by atoms with E-state index in [4.69, 9.17) is 9.47 Å².